The van der Waals surface area contributed by atoms with Gasteiger partial charge in [0.2, 0.25) is 5.91 Å². The van der Waals surface area contributed by atoms with Crippen LogP contribution >= 0.6 is 11.3 Å². The Labute approximate surface area is 139 Å². The van der Waals surface area contributed by atoms with Crippen LogP contribution in [0.3, 0.4) is 0 Å². The van der Waals surface area contributed by atoms with Gasteiger partial charge in [-0.15, -0.1) is 11.3 Å². The van der Waals surface area contributed by atoms with Gasteiger partial charge in [-0.05, 0) is 24.6 Å². The first-order valence-corrected chi connectivity index (χ1v) is 8.64. The molecule has 4 nitrogen and oxygen atoms in total. The van der Waals surface area contributed by atoms with Crippen molar-refractivity contribution in [1.82, 2.24) is 14.8 Å². The van der Waals surface area contributed by atoms with Gasteiger partial charge in [-0.2, -0.15) is 0 Å². The summed E-state index contributed by atoms with van der Waals surface area (Å²) in [6.07, 6.45) is 0.267. The van der Waals surface area contributed by atoms with Crippen LogP contribution in [0.25, 0.3) is 0 Å². The Hall–Kier alpha value is -1.79. The van der Waals surface area contributed by atoms with Gasteiger partial charge in [0.1, 0.15) is 5.82 Å². The van der Waals surface area contributed by atoms with E-state index < -0.39 is 0 Å². The van der Waals surface area contributed by atoms with Crippen molar-refractivity contribution in [3.05, 3.63) is 51.7 Å². The molecule has 2 aromatic rings. The first-order chi connectivity index (χ1) is 11.1. The summed E-state index contributed by atoms with van der Waals surface area (Å²) < 4.78 is 13.2. The predicted molar refractivity (Wildman–Crippen MR) is 88.8 cm³/mol. The molecule has 1 aromatic heterocycles. The molecule has 6 heteroatoms. The number of aryl methyl sites for hydroxylation is 1. The molecule has 1 aliphatic heterocycles. The molecule has 0 radical (unpaired) electrons. The monoisotopic (exact) mass is 333 g/mol. The fraction of sp³-hybridized carbons (Fsp3) is 0.412. The number of aromatic nitrogens is 1. The molecule has 122 valence electrons. The lowest BCUT2D eigenvalue weighted by Gasteiger charge is -2.34. The Kier molecular flexibility index (Phi) is 5.03. The quantitative estimate of drug-likeness (QED) is 0.862. The average molecular weight is 333 g/mol. The number of amides is 1. The fourth-order valence-corrected chi connectivity index (χ4v) is 3.40. The minimum atomic E-state index is -0.293. The Balaban J connectivity index is 1.49. The van der Waals surface area contributed by atoms with Crippen molar-refractivity contribution in [3.8, 4) is 0 Å². The van der Waals surface area contributed by atoms with E-state index in [2.05, 4.69) is 15.3 Å². The third-order valence-corrected chi connectivity index (χ3v) is 4.84. The highest BCUT2D eigenvalue weighted by atomic mass is 32.1. The number of halogens is 1. The summed E-state index contributed by atoms with van der Waals surface area (Å²) in [4.78, 5) is 21.0. The van der Waals surface area contributed by atoms with Crippen molar-refractivity contribution in [3.63, 3.8) is 0 Å². The smallest absolute Gasteiger partial charge is 0.227 e. The van der Waals surface area contributed by atoms with Gasteiger partial charge in [0.25, 0.3) is 0 Å². The third-order valence-electron chi connectivity index (χ3n) is 4.02. The number of nitrogens with zero attached hydrogens (tertiary/aromatic N) is 3. The number of rotatable bonds is 4. The van der Waals surface area contributed by atoms with Gasteiger partial charge >= 0.3 is 0 Å². The van der Waals surface area contributed by atoms with Crippen LogP contribution in [0.5, 0.6) is 0 Å². The average Bonchev–Trinajstić information content (AvgIpc) is 2.93. The van der Waals surface area contributed by atoms with Crippen LogP contribution in [-0.2, 0) is 17.8 Å². The molecule has 1 aromatic carbocycles. The van der Waals surface area contributed by atoms with E-state index in [-0.39, 0.29) is 18.1 Å². The highest BCUT2D eigenvalue weighted by molar-refractivity contribution is 7.09. The van der Waals surface area contributed by atoms with E-state index in [1.54, 1.807) is 23.5 Å². The Morgan fingerprint density at radius 3 is 2.74 bits per heavy atom. The normalized spacial score (nSPS) is 15.8. The van der Waals surface area contributed by atoms with Crippen molar-refractivity contribution in [2.45, 2.75) is 19.9 Å². The standard InChI is InChI=1S/C17H20FN3OS/c1-13-19-16(12-23-13)11-20-5-7-21(8-6-20)17(22)10-14-3-2-4-15(18)9-14/h2-4,9,12H,5-8,10-11H2,1H3. The van der Waals surface area contributed by atoms with Gasteiger partial charge in [0.05, 0.1) is 17.1 Å². The van der Waals surface area contributed by atoms with Crippen LogP contribution in [0, 0.1) is 12.7 Å². The summed E-state index contributed by atoms with van der Waals surface area (Å²) in [5.74, 6) is -0.224. The van der Waals surface area contributed by atoms with E-state index in [1.165, 1.54) is 12.1 Å². The van der Waals surface area contributed by atoms with Gasteiger partial charge < -0.3 is 4.90 Å². The molecule has 2 heterocycles. The van der Waals surface area contributed by atoms with Crippen molar-refractivity contribution >= 4 is 17.2 Å². The van der Waals surface area contributed by atoms with Crippen molar-refractivity contribution < 1.29 is 9.18 Å². The molecule has 1 amide bonds. The lowest BCUT2D eigenvalue weighted by Crippen LogP contribution is -2.48. The molecule has 23 heavy (non-hydrogen) atoms. The number of hydrogen-bond acceptors (Lipinski definition) is 4. The molecule has 0 spiro atoms. The van der Waals surface area contributed by atoms with Gasteiger partial charge in [-0.1, -0.05) is 12.1 Å². The Morgan fingerprint density at radius 2 is 2.09 bits per heavy atom. The number of carbonyl (C=O) groups excluding carboxylic acids is 1. The summed E-state index contributed by atoms with van der Waals surface area (Å²) in [6, 6.07) is 6.26. The maximum atomic E-state index is 13.2. The van der Waals surface area contributed by atoms with Crippen LogP contribution in [0.15, 0.2) is 29.6 Å². The Bertz CT molecular complexity index is 680. The number of benzene rings is 1. The van der Waals surface area contributed by atoms with Gasteiger partial charge in [-0.3, -0.25) is 9.69 Å². The number of piperazine rings is 1. The summed E-state index contributed by atoms with van der Waals surface area (Å²) in [7, 11) is 0. The number of hydrogen-bond donors (Lipinski definition) is 0. The Morgan fingerprint density at radius 1 is 1.30 bits per heavy atom. The van der Waals surface area contributed by atoms with E-state index >= 15 is 0 Å². The zero-order valence-electron chi connectivity index (χ0n) is 13.2. The molecule has 1 aliphatic rings. The number of thiazole rings is 1. The highest BCUT2D eigenvalue weighted by Crippen LogP contribution is 2.13. The first-order valence-electron chi connectivity index (χ1n) is 7.76. The van der Waals surface area contributed by atoms with Gasteiger partial charge in [0.15, 0.2) is 0 Å². The summed E-state index contributed by atoms with van der Waals surface area (Å²) >= 11 is 1.67. The topological polar surface area (TPSA) is 36.4 Å². The van der Waals surface area contributed by atoms with E-state index in [9.17, 15) is 9.18 Å². The fourth-order valence-electron chi connectivity index (χ4n) is 2.80. The van der Waals surface area contributed by atoms with E-state index in [1.807, 2.05) is 11.8 Å². The summed E-state index contributed by atoms with van der Waals surface area (Å²) in [5.41, 5.74) is 1.84. The summed E-state index contributed by atoms with van der Waals surface area (Å²) in [6.45, 7) is 6.00. The zero-order valence-corrected chi connectivity index (χ0v) is 14.0. The largest absolute Gasteiger partial charge is 0.340 e. The van der Waals surface area contributed by atoms with E-state index in [0.29, 0.717) is 0 Å². The van der Waals surface area contributed by atoms with Gasteiger partial charge in [0, 0.05) is 38.1 Å². The molecule has 0 atom stereocenters. The second-order valence-electron chi connectivity index (χ2n) is 5.82. The van der Waals surface area contributed by atoms with Crippen LogP contribution in [0.1, 0.15) is 16.3 Å². The maximum absolute atomic E-state index is 13.2. The molecular weight excluding hydrogens is 313 g/mol. The highest BCUT2D eigenvalue weighted by Gasteiger charge is 2.21. The molecule has 0 aliphatic carbocycles. The van der Waals surface area contributed by atoms with Crippen molar-refractivity contribution in [2.75, 3.05) is 26.2 Å². The lowest BCUT2D eigenvalue weighted by atomic mass is 10.1. The minimum absolute atomic E-state index is 0.0692. The van der Waals surface area contributed by atoms with Gasteiger partial charge in [-0.25, -0.2) is 9.37 Å². The second kappa shape index (κ2) is 7.19. The first kappa shape index (κ1) is 16.1. The SMILES string of the molecule is Cc1nc(CN2CCN(C(=O)Cc3cccc(F)c3)CC2)cs1. The van der Waals surface area contributed by atoms with Crippen LogP contribution in [0.2, 0.25) is 0 Å². The molecule has 0 bridgehead atoms. The number of carbonyl (C=O) groups is 1. The third kappa shape index (κ3) is 4.36. The molecule has 1 saturated heterocycles. The van der Waals surface area contributed by atoms with E-state index in [0.717, 1.165) is 49.0 Å². The molecular formula is C17H20FN3OS. The molecule has 1 fully saturated rings. The molecule has 0 unspecified atom stereocenters. The van der Waals surface area contributed by atoms with E-state index in [4.69, 9.17) is 0 Å². The molecule has 3 rings (SSSR count). The van der Waals surface area contributed by atoms with Crippen molar-refractivity contribution in [2.24, 2.45) is 0 Å². The zero-order chi connectivity index (χ0) is 16.2. The molecule has 0 N–H and O–H groups in total. The predicted octanol–water partition coefficient (Wildman–Crippen LogP) is 2.48. The maximum Gasteiger partial charge on any atom is 0.227 e. The lowest BCUT2D eigenvalue weighted by molar-refractivity contribution is -0.132. The summed E-state index contributed by atoms with van der Waals surface area (Å²) in [5, 5.41) is 3.18. The van der Waals surface area contributed by atoms with Crippen LogP contribution < -0.4 is 0 Å². The molecule has 0 saturated carbocycles. The van der Waals surface area contributed by atoms with Crippen LogP contribution in [0.4, 0.5) is 4.39 Å². The van der Waals surface area contributed by atoms with Crippen molar-refractivity contribution in [1.29, 1.82) is 0 Å². The second-order valence-corrected chi connectivity index (χ2v) is 6.88. The minimum Gasteiger partial charge on any atom is -0.340 e. The van der Waals surface area contributed by atoms with Crippen LogP contribution in [-0.4, -0.2) is 46.9 Å².